The molecule has 0 saturated heterocycles. The maximum absolute atomic E-state index is 10.2. The number of halogens is 1. The second-order valence-electron chi connectivity index (χ2n) is 6.97. The summed E-state index contributed by atoms with van der Waals surface area (Å²) in [6.45, 7) is 7.01. The lowest BCUT2D eigenvalue weighted by Crippen LogP contribution is -2.24. The van der Waals surface area contributed by atoms with Crippen molar-refractivity contribution in [3.8, 4) is 11.3 Å². The average molecular weight is 422 g/mol. The van der Waals surface area contributed by atoms with Crippen molar-refractivity contribution in [1.29, 1.82) is 0 Å². The number of hydrogen-bond acceptors (Lipinski definition) is 3. The van der Waals surface area contributed by atoms with E-state index in [0.717, 1.165) is 15.9 Å². The molecule has 0 radical (unpaired) electrons. The molecule has 0 atom stereocenters. The fraction of sp³-hybridized carbons (Fsp3) is 0.389. The zero-order valence-corrected chi connectivity index (χ0v) is 17.2. The van der Waals surface area contributed by atoms with Crippen LogP contribution >= 0.6 is 15.9 Å². The Balaban J connectivity index is 0.000000228. The number of aromatic nitrogens is 4. The highest BCUT2D eigenvalue weighted by Crippen LogP contribution is 2.36. The zero-order valence-electron chi connectivity index (χ0n) is 15.6. The molecule has 0 unspecified atom stereocenters. The predicted octanol–water partition coefficient (Wildman–Crippen LogP) is 3.93. The van der Waals surface area contributed by atoms with Crippen LogP contribution in [-0.2, 0) is 19.5 Å². The molecule has 3 rings (SSSR count). The van der Waals surface area contributed by atoms with E-state index in [1.165, 1.54) is 16.8 Å². The summed E-state index contributed by atoms with van der Waals surface area (Å²) in [7, 11) is 3.89. The zero-order chi connectivity index (χ0) is 19.5. The maximum Gasteiger partial charge on any atom is 0.411 e. The van der Waals surface area contributed by atoms with Gasteiger partial charge in [0.25, 0.3) is 0 Å². The first-order chi connectivity index (χ1) is 12.1. The number of aryl methyl sites for hydroxylation is 2. The van der Waals surface area contributed by atoms with Gasteiger partial charge in [0.05, 0.1) is 17.0 Å². The van der Waals surface area contributed by atoms with Crippen molar-refractivity contribution in [3.05, 3.63) is 47.0 Å². The van der Waals surface area contributed by atoms with Gasteiger partial charge in [-0.05, 0) is 28.1 Å². The molecule has 26 heavy (non-hydrogen) atoms. The Morgan fingerprint density at radius 1 is 1.23 bits per heavy atom. The minimum absolute atomic E-state index is 0.0284. The van der Waals surface area contributed by atoms with E-state index in [0.29, 0.717) is 6.54 Å². The molecular formula is C18H24BrN5O2. The van der Waals surface area contributed by atoms with Crippen LogP contribution in [0.5, 0.6) is 0 Å². The minimum atomic E-state index is -0.907. The summed E-state index contributed by atoms with van der Waals surface area (Å²) in [5.74, 6) is 0. The lowest BCUT2D eigenvalue weighted by molar-refractivity contribution is 0.166. The smallest absolute Gasteiger partial charge is 0.411 e. The highest BCUT2D eigenvalue weighted by atomic mass is 79.9. The third-order valence-electron chi connectivity index (χ3n) is 3.75. The van der Waals surface area contributed by atoms with E-state index in [-0.39, 0.29) is 5.41 Å². The Morgan fingerprint density at radius 2 is 1.92 bits per heavy atom. The van der Waals surface area contributed by atoms with E-state index < -0.39 is 6.09 Å². The number of rotatable bonds is 1. The van der Waals surface area contributed by atoms with E-state index in [4.69, 9.17) is 5.11 Å². The summed E-state index contributed by atoms with van der Waals surface area (Å²) in [6.07, 6.45) is 7.87. The molecule has 3 heterocycles. The van der Waals surface area contributed by atoms with Gasteiger partial charge in [-0.1, -0.05) is 32.9 Å². The molecule has 7 nitrogen and oxygen atoms in total. The molecule has 1 aliphatic rings. The molecule has 2 aromatic rings. The molecule has 1 amide bonds. The molecule has 0 bridgehead atoms. The van der Waals surface area contributed by atoms with Crippen LogP contribution in [0.15, 0.2) is 41.3 Å². The number of carboxylic acid groups (broad SMARTS) is 1. The summed E-state index contributed by atoms with van der Waals surface area (Å²) in [4.78, 5) is 11.4. The van der Waals surface area contributed by atoms with Gasteiger partial charge in [0.1, 0.15) is 4.60 Å². The van der Waals surface area contributed by atoms with Gasteiger partial charge in [-0.25, -0.2) is 4.79 Å². The average Bonchev–Trinajstić information content (AvgIpc) is 3.10. The van der Waals surface area contributed by atoms with Gasteiger partial charge in [0.15, 0.2) is 0 Å². The van der Waals surface area contributed by atoms with Crippen LogP contribution in [0.3, 0.4) is 0 Å². The van der Waals surface area contributed by atoms with Gasteiger partial charge in [-0.2, -0.15) is 10.2 Å². The summed E-state index contributed by atoms with van der Waals surface area (Å²) in [5.41, 5.74) is 3.25. The van der Waals surface area contributed by atoms with Crippen LogP contribution in [-0.4, -0.2) is 42.2 Å². The van der Waals surface area contributed by atoms with Crippen molar-refractivity contribution < 1.29 is 9.90 Å². The van der Waals surface area contributed by atoms with Crippen LogP contribution in [0.1, 0.15) is 26.5 Å². The Hall–Kier alpha value is -2.35. The van der Waals surface area contributed by atoms with Crippen LogP contribution in [0.25, 0.3) is 11.3 Å². The second kappa shape index (κ2) is 7.90. The highest BCUT2D eigenvalue weighted by molar-refractivity contribution is 9.10. The largest absolute Gasteiger partial charge is 0.465 e. The summed E-state index contributed by atoms with van der Waals surface area (Å²) >= 11 is 3.53. The minimum Gasteiger partial charge on any atom is -0.465 e. The fourth-order valence-corrected chi connectivity index (χ4v) is 3.37. The van der Waals surface area contributed by atoms with Crippen molar-refractivity contribution in [1.82, 2.24) is 24.5 Å². The normalized spacial score (nSPS) is 13.5. The topological polar surface area (TPSA) is 76.2 Å². The molecule has 1 aliphatic heterocycles. The molecule has 8 heteroatoms. The quantitative estimate of drug-likeness (QED) is 0.756. The van der Waals surface area contributed by atoms with E-state index in [1.807, 2.05) is 37.1 Å². The molecule has 140 valence electrons. The lowest BCUT2D eigenvalue weighted by Gasteiger charge is -2.20. The van der Waals surface area contributed by atoms with E-state index in [2.05, 4.69) is 46.9 Å². The van der Waals surface area contributed by atoms with Gasteiger partial charge in [-0.15, -0.1) is 0 Å². The van der Waals surface area contributed by atoms with Crippen molar-refractivity contribution >= 4 is 22.0 Å². The molecule has 2 aromatic heterocycles. The molecule has 0 aromatic carbocycles. The fourth-order valence-electron chi connectivity index (χ4n) is 2.74. The van der Waals surface area contributed by atoms with Gasteiger partial charge in [0, 0.05) is 38.5 Å². The van der Waals surface area contributed by atoms with E-state index in [1.54, 1.807) is 16.8 Å². The Kier molecular flexibility index (Phi) is 6.07. The van der Waals surface area contributed by atoms with Crippen LogP contribution in [0.4, 0.5) is 4.79 Å². The Labute approximate surface area is 161 Å². The molecule has 0 fully saturated rings. The van der Waals surface area contributed by atoms with Crippen LogP contribution in [0.2, 0.25) is 0 Å². The van der Waals surface area contributed by atoms with Crippen molar-refractivity contribution in [3.63, 3.8) is 0 Å². The van der Waals surface area contributed by atoms with Crippen LogP contribution in [0, 0.1) is 0 Å². The Bertz CT molecular complexity index is 842. The SMILES string of the molecule is Cn1ccc(-c2c(Br)nn(C)c2C(C)(C)C)n1.O=C(O)N1C=CC=CC1. The first kappa shape index (κ1) is 20.0. The monoisotopic (exact) mass is 421 g/mol. The number of amides is 1. The van der Waals surface area contributed by atoms with Gasteiger partial charge in [-0.3, -0.25) is 14.3 Å². The van der Waals surface area contributed by atoms with Crippen LogP contribution < -0.4 is 0 Å². The van der Waals surface area contributed by atoms with Crippen molar-refractivity contribution in [2.75, 3.05) is 6.54 Å². The van der Waals surface area contributed by atoms with Crippen molar-refractivity contribution in [2.24, 2.45) is 14.1 Å². The lowest BCUT2D eigenvalue weighted by atomic mass is 9.88. The van der Waals surface area contributed by atoms with Gasteiger partial charge >= 0.3 is 6.09 Å². The standard InChI is InChI=1S/C12H17BrN4.C6H7NO2/c1-12(2,3)10-9(11(13)15-17(10)5)8-6-7-16(4)14-8;8-6(9)7-4-2-1-3-5-7/h6-7H,1-5H3;1-4H,5H2,(H,8,9). The Morgan fingerprint density at radius 3 is 2.35 bits per heavy atom. The summed E-state index contributed by atoms with van der Waals surface area (Å²) < 4.78 is 4.58. The summed E-state index contributed by atoms with van der Waals surface area (Å²) in [6, 6.07) is 2.01. The molecule has 1 N–H and O–H groups in total. The molecule has 0 saturated carbocycles. The number of nitrogens with zero attached hydrogens (tertiary/aromatic N) is 5. The first-order valence-electron chi connectivity index (χ1n) is 8.17. The van der Waals surface area contributed by atoms with Gasteiger partial charge < -0.3 is 5.11 Å². The predicted molar refractivity (Wildman–Crippen MR) is 105 cm³/mol. The number of hydrogen-bond donors (Lipinski definition) is 1. The third kappa shape index (κ3) is 4.63. The molecular weight excluding hydrogens is 398 g/mol. The van der Waals surface area contributed by atoms with E-state index >= 15 is 0 Å². The maximum atomic E-state index is 10.2. The number of allylic oxidation sites excluding steroid dienone is 2. The van der Waals surface area contributed by atoms with Crippen molar-refractivity contribution in [2.45, 2.75) is 26.2 Å². The molecule has 0 spiro atoms. The van der Waals surface area contributed by atoms with Gasteiger partial charge in [0.2, 0.25) is 0 Å². The first-order valence-corrected chi connectivity index (χ1v) is 8.96. The number of carbonyl (C=O) groups is 1. The highest BCUT2D eigenvalue weighted by Gasteiger charge is 2.27. The third-order valence-corrected chi connectivity index (χ3v) is 4.30. The molecule has 0 aliphatic carbocycles. The van der Waals surface area contributed by atoms with E-state index in [9.17, 15) is 4.79 Å². The second-order valence-corrected chi connectivity index (χ2v) is 7.72. The summed E-state index contributed by atoms with van der Waals surface area (Å²) in [5, 5.41) is 17.3.